The number of hydrogen-bond acceptors (Lipinski definition) is 5. The van der Waals surface area contributed by atoms with Crippen molar-refractivity contribution in [3.63, 3.8) is 0 Å². The van der Waals surface area contributed by atoms with E-state index in [0.717, 1.165) is 0 Å². The summed E-state index contributed by atoms with van der Waals surface area (Å²) in [5.41, 5.74) is -4.30. The van der Waals surface area contributed by atoms with Crippen LogP contribution in [0.3, 0.4) is 0 Å². The van der Waals surface area contributed by atoms with Gasteiger partial charge in [-0.25, -0.2) is 0 Å². The minimum Gasteiger partial charge on any atom is -0.493 e. The van der Waals surface area contributed by atoms with Gasteiger partial charge >= 0.3 is 5.51 Å². The Morgan fingerprint density at radius 2 is 1.86 bits per heavy atom. The first-order valence-corrected chi connectivity index (χ1v) is 6.76. The molecular formula is C13H15F3O4S. The zero-order valence-corrected chi connectivity index (χ0v) is 12.3. The molecule has 0 aromatic heterocycles. The molecule has 0 heterocycles. The molecular weight excluding hydrogens is 309 g/mol. The van der Waals surface area contributed by atoms with E-state index in [1.807, 2.05) is 0 Å². The van der Waals surface area contributed by atoms with Crippen molar-refractivity contribution in [1.82, 2.24) is 0 Å². The van der Waals surface area contributed by atoms with Crippen LogP contribution < -0.4 is 8.92 Å². The second-order valence-corrected chi connectivity index (χ2v) is 4.85. The molecule has 118 valence electrons. The van der Waals surface area contributed by atoms with E-state index in [0.29, 0.717) is 19.6 Å². The van der Waals surface area contributed by atoms with Crippen molar-refractivity contribution in [2.45, 2.75) is 18.9 Å². The molecule has 0 radical (unpaired) electrons. The maximum absolute atomic E-state index is 12.1. The molecule has 0 aliphatic carbocycles. The van der Waals surface area contributed by atoms with Crippen molar-refractivity contribution in [1.29, 1.82) is 0 Å². The lowest BCUT2D eigenvalue weighted by atomic mass is 10.1. The van der Waals surface area contributed by atoms with Crippen LogP contribution in [0.15, 0.2) is 18.2 Å². The van der Waals surface area contributed by atoms with Gasteiger partial charge in [0.05, 0.1) is 6.61 Å². The van der Waals surface area contributed by atoms with Gasteiger partial charge in [0.1, 0.15) is 11.5 Å². The van der Waals surface area contributed by atoms with E-state index in [-0.39, 0.29) is 22.8 Å². The standard InChI is InChI=1S/C13H15F3O4S/c1-9(17)10-6-11(19-5-3-4-18-2)8-12(7-10)20-21-13(14,15)16/h6-8H,3-5H2,1-2H3. The van der Waals surface area contributed by atoms with E-state index in [9.17, 15) is 18.0 Å². The number of halogens is 3. The maximum Gasteiger partial charge on any atom is 0.479 e. The van der Waals surface area contributed by atoms with Crippen LogP contribution in [0.5, 0.6) is 11.5 Å². The van der Waals surface area contributed by atoms with E-state index < -0.39 is 17.6 Å². The van der Waals surface area contributed by atoms with Crippen molar-refractivity contribution < 1.29 is 31.6 Å². The molecule has 1 aromatic rings. The van der Waals surface area contributed by atoms with Crippen LogP contribution >= 0.6 is 12.0 Å². The van der Waals surface area contributed by atoms with Crippen LogP contribution in [0.1, 0.15) is 23.7 Å². The number of ketones is 1. The zero-order valence-electron chi connectivity index (χ0n) is 11.5. The van der Waals surface area contributed by atoms with Gasteiger partial charge in [-0.05, 0) is 19.1 Å². The van der Waals surface area contributed by atoms with E-state index in [2.05, 4.69) is 4.18 Å². The van der Waals surface area contributed by atoms with Crippen LogP contribution in [-0.2, 0) is 4.74 Å². The molecule has 0 unspecified atom stereocenters. The highest BCUT2D eigenvalue weighted by atomic mass is 32.2. The van der Waals surface area contributed by atoms with Gasteiger partial charge in [-0.15, -0.1) is 0 Å². The Morgan fingerprint density at radius 1 is 1.19 bits per heavy atom. The summed E-state index contributed by atoms with van der Waals surface area (Å²) in [6.07, 6.45) is 0.619. The molecule has 1 aromatic carbocycles. The van der Waals surface area contributed by atoms with Gasteiger partial charge < -0.3 is 13.7 Å². The zero-order chi connectivity index (χ0) is 15.9. The van der Waals surface area contributed by atoms with Gasteiger partial charge in [0.25, 0.3) is 0 Å². The molecule has 0 aliphatic heterocycles. The third-order valence-electron chi connectivity index (χ3n) is 2.28. The minimum absolute atomic E-state index is 0.0910. The van der Waals surface area contributed by atoms with Crippen molar-refractivity contribution in [2.24, 2.45) is 0 Å². The fourth-order valence-corrected chi connectivity index (χ4v) is 1.68. The van der Waals surface area contributed by atoms with Gasteiger partial charge in [-0.1, -0.05) is 0 Å². The maximum atomic E-state index is 12.1. The second-order valence-electron chi connectivity index (χ2n) is 4.06. The highest BCUT2D eigenvalue weighted by molar-refractivity contribution is 7.95. The lowest BCUT2D eigenvalue weighted by Gasteiger charge is -2.11. The molecule has 0 saturated heterocycles. The number of benzene rings is 1. The average molecular weight is 324 g/mol. The molecule has 0 spiro atoms. The molecule has 0 bridgehead atoms. The lowest BCUT2D eigenvalue weighted by molar-refractivity contribution is -0.0369. The quantitative estimate of drug-likeness (QED) is 0.413. The number of ether oxygens (including phenoxy) is 2. The Balaban J connectivity index is 2.77. The third-order valence-corrected chi connectivity index (χ3v) is 2.75. The Labute approximate surface area is 124 Å². The molecule has 0 fully saturated rings. The summed E-state index contributed by atoms with van der Waals surface area (Å²) in [6.45, 7) is 2.13. The largest absolute Gasteiger partial charge is 0.493 e. The first-order chi connectivity index (χ1) is 9.81. The normalized spacial score (nSPS) is 11.3. The van der Waals surface area contributed by atoms with Crippen LogP contribution in [0.2, 0.25) is 0 Å². The molecule has 4 nitrogen and oxygen atoms in total. The predicted molar refractivity (Wildman–Crippen MR) is 72.7 cm³/mol. The van der Waals surface area contributed by atoms with Crippen molar-refractivity contribution in [3.05, 3.63) is 23.8 Å². The summed E-state index contributed by atoms with van der Waals surface area (Å²) in [5.74, 6) is -0.109. The van der Waals surface area contributed by atoms with E-state index in [4.69, 9.17) is 9.47 Å². The number of hydrogen-bond donors (Lipinski definition) is 0. The van der Waals surface area contributed by atoms with E-state index >= 15 is 0 Å². The van der Waals surface area contributed by atoms with Crippen LogP contribution in [0, 0.1) is 0 Å². The first kappa shape index (κ1) is 17.6. The number of carbonyl (C=O) groups is 1. The summed E-state index contributed by atoms with van der Waals surface area (Å²) in [7, 11) is 1.55. The van der Waals surface area contributed by atoms with Crippen LogP contribution in [0.25, 0.3) is 0 Å². The van der Waals surface area contributed by atoms with Gasteiger partial charge in [0.2, 0.25) is 0 Å². The highest BCUT2D eigenvalue weighted by Crippen LogP contribution is 2.34. The summed E-state index contributed by atoms with van der Waals surface area (Å²) in [6, 6.07) is 4.00. The molecule has 21 heavy (non-hydrogen) atoms. The number of carbonyl (C=O) groups excluding carboxylic acids is 1. The number of methoxy groups -OCH3 is 1. The fraction of sp³-hybridized carbons (Fsp3) is 0.462. The van der Waals surface area contributed by atoms with Gasteiger partial charge in [0, 0.05) is 31.8 Å². The minimum atomic E-state index is -4.52. The Kier molecular flexibility index (Phi) is 6.83. The summed E-state index contributed by atoms with van der Waals surface area (Å²) in [4.78, 5) is 11.4. The van der Waals surface area contributed by atoms with Gasteiger partial charge in [-0.3, -0.25) is 4.79 Å². The van der Waals surface area contributed by atoms with Gasteiger partial charge in [0.15, 0.2) is 17.8 Å². The number of alkyl halides is 3. The summed E-state index contributed by atoms with van der Waals surface area (Å²) >= 11 is -0.639. The second kappa shape index (κ2) is 8.14. The average Bonchev–Trinajstić information content (AvgIpc) is 2.40. The third kappa shape index (κ3) is 7.24. The van der Waals surface area contributed by atoms with E-state index in [1.165, 1.54) is 25.1 Å². The van der Waals surface area contributed by atoms with Crippen molar-refractivity contribution >= 4 is 17.8 Å². The molecule has 0 N–H and O–H groups in total. The molecule has 0 saturated carbocycles. The lowest BCUT2D eigenvalue weighted by Crippen LogP contribution is -2.05. The number of rotatable bonds is 8. The topological polar surface area (TPSA) is 44.8 Å². The molecule has 0 amide bonds. The van der Waals surface area contributed by atoms with Crippen molar-refractivity contribution in [2.75, 3.05) is 20.3 Å². The monoisotopic (exact) mass is 324 g/mol. The number of Topliss-reactive ketones (excluding diaryl/α,β-unsaturated/α-hetero) is 1. The molecule has 1 rings (SSSR count). The molecule has 0 atom stereocenters. The summed E-state index contributed by atoms with van der Waals surface area (Å²) in [5, 5.41) is 0. The fourth-order valence-electron chi connectivity index (χ4n) is 1.40. The summed E-state index contributed by atoms with van der Waals surface area (Å²) < 4.78 is 51.1. The Bertz CT molecular complexity index is 477. The SMILES string of the molecule is COCCCOc1cc(OSC(F)(F)F)cc(C(C)=O)c1. The Hall–Kier alpha value is -1.41. The molecule has 8 heteroatoms. The first-order valence-electron chi connectivity index (χ1n) is 6.02. The predicted octanol–water partition coefficient (Wildman–Crippen LogP) is 3.85. The van der Waals surface area contributed by atoms with Crippen LogP contribution in [-0.4, -0.2) is 31.6 Å². The van der Waals surface area contributed by atoms with Gasteiger partial charge in [-0.2, -0.15) is 13.2 Å². The van der Waals surface area contributed by atoms with E-state index in [1.54, 1.807) is 7.11 Å². The Morgan fingerprint density at radius 3 is 2.43 bits per heavy atom. The smallest absolute Gasteiger partial charge is 0.479 e. The highest BCUT2D eigenvalue weighted by Gasteiger charge is 2.31. The van der Waals surface area contributed by atoms with Crippen molar-refractivity contribution in [3.8, 4) is 11.5 Å². The van der Waals surface area contributed by atoms with Crippen LogP contribution in [0.4, 0.5) is 13.2 Å². The molecule has 0 aliphatic rings.